The van der Waals surface area contributed by atoms with Crippen LogP contribution in [0.5, 0.6) is 17.2 Å². The topological polar surface area (TPSA) is 120 Å². The molecule has 48 heavy (non-hydrogen) atoms. The largest absolute Gasteiger partial charge is 0.508 e. The average molecular weight is 691 g/mol. The van der Waals surface area contributed by atoms with Crippen LogP contribution in [-0.2, 0) is 34.9 Å². The number of nitrogens with one attached hydrogen (secondary N) is 2. The number of aliphatic hydroxyl groups excluding tert-OH is 1. The highest BCUT2D eigenvalue weighted by atomic mass is 33.1. The van der Waals surface area contributed by atoms with Gasteiger partial charge in [0.25, 0.3) is 0 Å². The molecule has 0 spiro atoms. The Balaban J connectivity index is 1.45. The van der Waals surface area contributed by atoms with E-state index in [0.717, 1.165) is 74.7 Å². The molecular weight excluding hydrogens is 645 g/mol. The van der Waals surface area contributed by atoms with Crippen molar-refractivity contribution in [1.29, 1.82) is 0 Å². The molecule has 5 N–H and O–H groups in total. The lowest BCUT2D eigenvalue weighted by Crippen LogP contribution is -2.28. The summed E-state index contributed by atoms with van der Waals surface area (Å²) in [6.45, 7) is 0.598. The molecule has 2 atom stereocenters. The summed E-state index contributed by atoms with van der Waals surface area (Å²) >= 11 is 0. The molecular formula is C38H46N2O6S2. The van der Waals surface area contributed by atoms with Crippen molar-refractivity contribution in [2.75, 3.05) is 27.0 Å². The molecule has 4 aromatic rings. The maximum absolute atomic E-state index is 13.6. The molecule has 0 bridgehead atoms. The van der Waals surface area contributed by atoms with Crippen LogP contribution < -0.4 is 15.4 Å². The van der Waals surface area contributed by atoms with Crippen molar-refractivity contribution in [1.82, 2.24) is 10.6 Å². The Morgan fingerprint density at radius 1 is 0.958 bits per heavy atom. The van der Waals surface area contributed by atoms with Gasteiger partial charge < -0.3 is 30.1 Å². The maximum Gasteiger partial charge on any atom is 0.168 e. The highest BCUT2D eigenvalue weighted by molar-refractivity contribution is 8.76. The first-order valence-corrected chi connectivity index (χ1v) is 18.9. The van der Waals surface area contributed by atoms with Gasteiger partial charge in [-0.2, -0.15) is 0 Å². The van der Waals surface area contributed by atoms with Crippen molar-refractivity contribution in [3.8, 4) is 28.4 Å². The summed E-state index contributed by atoms with van der Waals surface area (Å²) in [5.74, 6) is 2.35. The fraction of sp³-hybridized carbons (Fsp3) is 0.395. The van der Waals surface area contributed by atoms with Crippen LogP contribution in [-0.4, -0.2) is 54.2 Å². The molecule has 0 saturated carbocycles. The number of hydrogen-bond acceptors (Lipinski definition) is 10. The highest BCUT2D eigenvalue weighted by Crippen LogP contribution is 2.45. The third-order valence-electron chi connectivity index (χ3n) is 8.89. The SMILES string of the molecule is CNCc1ccc([C@@H](NC)O[C@@H]2CCCCSSCc3c(ccc4ccc(O)cc34)-c3c(ccc(O)c3OC)CCC(=O)C2)cc1CO. The molecule has 5 rings (SSSR count). The number of ketones is 1. The zero-order chi connectivity index (χ0) is 34.0. The number of rotatable bonds is 8. The van der Waals surface area contributed by atoms with Crippen molar-refractivity contribution in [2.24, 2.45) is 0 Å². The van der Waals surface area contributed by atoms with Gasteiger partial charge in [0.2, 0.25) is 0 Å². The van der Waals surface area contributed by atoms with E-state index >= 15 is 0 Å². The van der Waals surface area contributed by atoms with Gasteiger partial charge in [0.1, 0.15) is 17.8 Å². The third kappa shape index (κ3) is 8.66. The lowest BCUT2D eigenvalue weighted by Gasteiger charge is -2.26. The van der Waals surface area contributed by atoms with Crippen molar-refractivity contribution >= 4 is 38.1 Å². The summed E-state index contributed by atoms with van der Waals surface area (Å²) < 4.78 is 12.4. The van der Waals surface area contributed by atoms with Gasteiger partial charge in [0.05, 0.1) is 19.8 Å². The molecule has 1 aliphatic heterocycles. The Morgan fingerprint density at radius 2 is 1.79 bits per heavy atom. The quantitative estimate of drug-likeness (QED) is 0.0945. The van der Waals surface area contributed by atoms with Crippen LogP contribution in [0.1, 0.15) is 66.1 Å². The van der Waals surface area contributed by atoms with E-state index in [4.69, 9.17) is 9.47 Å². The Bertz CT molecular complexity index is 1710. The number of carbonyl (C=O) groups excluding carboxylic acids is 1. The van der Waals surface area contributed by atoms with Gasteiger partial charge in [-0.05, 0) is 102 Å². The highest BCUT2D eigenvalue weighted by Gasteiger charge is 2.24. The molecule has 0 aromatic heterocycles. The smallest absolute Gasteiger partial charge is 0.168 e. The zero-order valence-electron chi connectivity index (χ0n) is 27.9. The van der Waals surface area contributed by atoms with Crippen LogP contribution in [0, 0.1) is 0 Å². The Morgan fingerprint density at radius 3 is 2.56 bits per heavy atom. The van der Waals surface area contributed by atoms with Gasteiger partial charge in [-0.15, -0.1) is 0 Å². The minimum Gasteiger partial charge on any atom is -0.508 e. The summed E-state index contributed by atoms with van der Waals surface area (Å²) in [5, 5.41) is 39.7. The van der Waals surface area contributed by atoms with Crippen molar-refractivity contribution in [3.63, 3.8) is 0 Å². The first kappa shape index (κ1) is 36.0. The summed E-state index contributed by atoms with van der Waals surface area (Å²) in [6, 6.07) is 19.0. The van der Waals surface area contributed by atoms with E-state index in [0.29, 0.717) is 30.9 Å². The average Bonchev–Trinajstić information content (AvgIpc) is 3.09. The van der Waals surface area contributed by atoms with Gasteiger partial charge in [0, 0.05) is 36.5 Å². The summed E-state index contributed by atoms with van der Waals surface area (Å²) in [7, 11) is 8.86. The third-order valence-corrected chi connectivity index (χ3v) is 11.3. The molecule has 0 aliphatic carbocycles. The van der Waals surface area contributed by atoms with Crippen LogP contribution >= 0.6 is 21.6 Å². The normalized spacial score (nSPS) is 17.1. The maximum atomic E-state index is 13.6. The fourth-order valence-corrected chi connectivity index (χ4v) is 8.71. The van der Waals surface area contributed by atoms with Crippen LogP contribution in [0.25, 0.3) is 21.9 Å². The Hall–Kier alpha value is -3.25. The van der Waals surface area contributed by atoms with E-state index in [1.54, 1.807) is 36.1 Å². The number of ether oxygens (including phenoxy) is 2. The number of methoxy groups -OCH3 is 1. The van der Waals surface area contributed by atoms with Gasteiger partial charge in [-0.3, -0.25) is 10.1 Å². The number of aliphatic hydroxyl groups is 1. The fourth-order valence-electron chi connectivity index (χ4n) is 6.45. The molecule has 0 unspecified atom stereocenters. The number of phenolic OH excluding ortho intramolecular Hbond substituents is 2. The monoisotopic (exact) mass is 690 g/mol. The second-order valence-corrected chi connectivity index (χ2v) is 14.7. The number of carbonyl (C=O) groups is 1. The molecule has 0 amide bonds. The lowest BCUT2D eigenvalue weighted by atomic mass is 9.89. The standard InChI is InChI=1S/C38H46N2O6S2/c1-39-21-27-8-7-26(18-28(27)22-41)38(40-2)46-31-6-4-5-17-47-48-23-34-32(15-11-24-9-13-30(43)20-33(24)34)36-25(10-14-29(42)19-31)12-16-35(44)37(36)45-3/h7-9,11-13,15-16,18,20,31,38-41,43-44H,4-6,10,14,17,19,21-23H2,1-3H3/t31-,38+/m1/s1. The van der Waals surface area contributed by atoms with E-state index in [1.165, 1.54) is 0 Å². The van der Waals surface area contributed by atoms with E-state index in [1.807, 2.05) is 61.3 Å². The number of phenols is 2. The van der Waals surface area contributed by atoms with Crippen molar-refractivity contribution < 1.29 is 29.6 Å². The minimum absolute atomic E-state index is 0.0379. The summed E-state index contributed by atoms with van der Waals surface area (Å²) in [4.78, 5) is 13.6. The number of aryl methyl sites for hydroxylation is 1. The molecule has 10 heteroatoms. The predicted octanol–water partition coefficient (Wildman–Crippen LogP) is 7.40. The van der Waals surface area contributed by atoms with Gasteiger partial charge in [-0.1, -0.05) is 64.4 Å². The number of fused-ring (bicyclic) bond motifs is 5. The van der Waals surface area contributed by atoms with Crippen molar-refractivity contribution in [3.05, 3.63) is 88.5 Å². The molecule has 0 saturated heterocycles. The predicted molar refractivity (Wildman–Crippen MR) is 197 cm³/mol. The molecule has 4 aromatic carbocycles. The summed E-state index contributed by atoms with van der Waals surface area (Å²) in [5.41, 5.74) is 6.45. The summed E-state index contributed by atoms with van der Waals surface area (Å²) in [6.07, 6.45) is 3.04. The van der Waals surface area contributed by atoms with Gasteiger partial charge >= 0.3 is 0 Å². The second kappa shape index (κ2) is 17.4. The molecule has 1 aliphatic rings. The van der Waals surface area contributed by atoms with Gasteiger partial charge in [-0.25, -0.2) is 0 Å². The number of aromatic hydroxyl groups is 2. The second-order valence-electron chi connectivity index (χ2n) is 12.1. The van der Waals surface area contributed by atoms with Crippen LogP contribution in [0.4, 0.5) is 0 Å². The Kier molecular flexibility index (Phi) is 13.1. The van der Waals surface area contributed by atoms with E-state index in [-0.39, 0.29) is 36.4 Å². The number of Topliss-reactive ketones (excluding diaryl/α,β-unsaturated/α-hetero) is 1. The first-order chi connectivity index (χ1) is 23.4. The number of hydrogen-bond donors (Lipinski definition) is 5. The zero-order valence-corrected chi connectivity index (χ0v) is 29.5. The minimum atomic E-state index is -0.425. The van der Waals surface area contributed by atoms with Crippen LogP contribution in [0.3, 0.4) is 0 Å². The van der Waals surface area contributed by atoms with E-state index < -0.39 is 6.23 Å². The lowest BCUT2D eigenvalue weighted by molar-refractivity contribution is -0.124. The molecule has 8 nitrogen and oxygen atoms in total. The van der Waals surface area contributed by atoms with E-state index in [9.17, 15) is 20.1 Å². The Labute approximate surface area is 291 Å². The molecule has 256 valence electrons. The van der Waals surface area contributed by atoms with Crippen LogP contribution in [0.2, 0.25) is 0 Å². The van der Waals surface area contributed by atoms with Crippen molar-refractivity contribution in [2.45, 2.75) is 69.8 Å². The van der Waals surface area contributed by atoms with Crippen LogP contribution in [0.15, 0.2) is 60.7 Å². The van der Waals surface area contributed by atoms with Gasteiger partial charge in [0.15, 0.2) is 11.5 Å². The number of benzene rings is 4. The molecule has 0 radical (unpaired) electrons. The molecule has 1 heterocycles. The molecule has 0 fully saturated rings. The first-order valence-electron chi connectivity index (χ1n) is 16.5. The van der Waals surface area contributed by atoms with E-state index in [2.05, 4.69) is 16.7 Å².